The van der Waals surface area contributed by atoms with E-state index in [2.05, 4.69) is 62.6 Å². The van der Waals surface area contributed by atoms with Crippen molar-refractivity contribution in [2.75, 3.05) is 6.54 Å². The smallest absolute Gasteiger partial charge is 0.133 e. The molecule has 0 aliphatic rings. The second kappa shape index (κ2) is 6.82. The molecule has 0 spiro atoms. The van der Waals surface area contributed by atoms with Crippen molar-refractivity contribution in [2.45, 2.75) is 25.8 Å². The summed E-state index contributed by atoms with van der Waals surface area (Å²) < 4.78 is 3.08. The van der Waals surface area contributed by atoms with Gasteiger partial charge in [0.15, 0.2) is 0 Å². The lowest BCUT2D eigenvalue weighted by atomic mass is 10.1. The van der Waals surface area contributed by atoms with Crippen LogP contribution >= 0.6 is 15.9 Å². The van der Waals surface area contributed by atoms with Crippen molar-refractivity contribution < 1.29 is 0 Å². The molecule has 1 aromatic carbocycles. The molecule has 2 aromatic rings. The summed E-state index contributed by atoms with van der Waals surface area (Å²) in [5.41, 5.74) is 1.35. The highest BCUT2D eigenvalue weighted by Crippen LogP contribution is 2.11. The highest BCUT2D eigenvalue weighted by atomic mass is 79.9. The van der Waals surface area contributed by atoms with Crippen LogP contribution in [0.2, 0.25) is 0 Å². The molecule has 0 aliphatic carbocycles. The molecule has 1 heterocycles. The van der Waals surface area contributed by atoms with Crippen molar-refractivity contribution in [1.29, 1.82) is 0 Å². The van der Waals surface area contributed by atoms with E-state index in [1.165, 1.54) is 5.56 Å². The molecule has 0 aliphatic heterocycles. The van der Waals surface area contributed by atoms with E-state index in [1.54, 1.807) is 6.33 Å². The van der Waals surface area contributed by atoms with Gasteiger partial charge in [-0.15, -0.1) is 10.2 Å². The van der Waals surface area contributed by atoms with Crippen LogP contribution in [0.1, 0.15) is 18.3 Å². The van der Waals surface area contributed by atoms with Crippen LogP contribution in [0, 0.1) is 0 Å². The third kappa shape index (κ3) is 4.44. The molecule has 1 atom stereocenters. The van der Waals surface area contributed by atoms with Gasteiger partial charge in [-0.1, -0.05) is 28.1 Å². The largest absolute Gasteiger partial charge is 0.321 e. The summed E-state index contributed by atoms with van der Waals surface area (Å²) in [6, 6.07) is 8.94. The van der Waals surface area contributed by atoms with Gasteiger partial charge in [-0.3, -0.25) is 0 Å². The van der Waals surface area contributed by atoms with E-state index in [0.29, 0.717) is 6.04 Å². The van der Waals surface area contributed by atoms with Gasteiger partial charge in [0.25, 0.3) is 0 Å². The maximum atomic E-state index is 4.07. The molecule has 0 saturated heterocycles. The molecule has 19 heavy (non-hydrogen) atoms. The number of nitrogens with one attached hydrogen (secondary N) is 1. The summed E-state index contributed by atoms with van der Waals surface area (Å²) in [6.07, 6.45) is 3.67. The minimum absolute atomic E-state index is 0.453. The maximum Gasteiger partial charge on any atom is 0.133 e. The highest BCUT2D eigenvalue weighted by Gasteiger charge is 2.05. The predicted molar refractivity (Wildman–Crippen MR) is 80.0 cm³/mol. The molecular formula is C14H19BrN4. The van der Waals surface area contributed by atoms with E-state index >= 15 is 0 Å². The van der Waals surface area contributed by atoms with Gasteiger partial charge in [-0.05, 0) is 31.0 Å². The Balaban J connectivity index is 1.74. The topological polar surface area (TPSA) is 42.7 Å². The third-order valence-corrected chi connectivity index (χ3v) is 3.63. The fourth-order valence-electron chi connectivity index (χ4n) is 2.01. The van der Waals surface area contributed by atoms with Gasteiger partial charge >= 0.3 is 0 Å². The van der Waals surface area contributed by atoms with E-state index in [1.807, 2.05) is 11.6 Å². The monoisotopic (exact) mass is 322 g/mol. The van der Waals surface area contributed by atoms with Crippen LogP contribution in [0.3, 0.4) is 0 Å². The van der Waals surface area contributed by atoms with Crippen molar-refractivity contribution in [3.63, 3.8) is 0 Å². The summed E-state index contributed by atoms with van der Waals surface area (Å²) in [5.74, 6) is 1.02. The number of hydrogen-bond donors (Lipinski definition) is 1. The third-order valence-electron chi connectivity index (χ3n) is 3.10. The normalized spacial score (nSPS) is 12.6. The Labute approximate surface area is 122 Å². The first kappa shape index (κ1) is 14.2. The van der Waals surface area contributed by atoms with E-state index < -0.39 is 0 Å². The van der Waals surface area contributed by atoms with E-state index in [-0.39, 0.29) is 0 Å². The number of benzene rings is 1. The summed E-state index contributed by atoms with van der Waals surface area (Å²) in [5, 5.41) is 11.5. The van der Waals surface area contributed by atoms with Gasteiger partial charge < -0.3 is 9.88 Å². The van der Waals surface area contributed by atoms with Gasteiger partial charge in [0.2, 0.25) is 0 Å². The summed E-state index contributed by atoms with van der Waals surface area (Å²) in [6.45, 7) is 3.13. The number of rotatable bonds is 6. The summed E-state index contributed by atoms with van der Waals surface area (Å²) in [7, 11) is 1.97. The minimum Gasteiger partial charge on any atom is -0.321 e. The molecule has 0 saturated carbocycles. The van der Waals surface area contributed by atoms with Crippen LogP contribution in [0.15, 0.2) is 35.1 Å². The molecule has 2 rings (SSSR count). The molecule has 1 unspecified atom stereocenters. The van der Waals surface area contributed by atoms with Gasteiger partial charge in [0.05, 0.1) is 0 Å². The molecule has 1 N–H and O–H groups in total. The molecule has 102 valence electrons. The first-order valence-electron chi connectivity index (χ1n) is 6.46. The zero-order valence-electron chi connectivity index (χ0n) is 11.3. The molecular weight excluding hydrogens is 304 g/mol. The quantitative estimate of drug-likeness (QED) is 0.887. The number of hydrogen-bond acceptors (Lipinski definition) is 3. The van der Waals surface area contributed by atoms with Gasteiger partial charge in [0.1, 0.15) is 12.2 Å². The fraction of sp³-hybridized carbons (Fsp3) is 0.429. The SMILES string of the molecule is CC(Cc1ccc(Br)cc1)NCCc1nncn1C. The van der Waals surface area contributed by atoms with Crippen molar-refractivity contribution in [1.82, 2.24) is 20.1 Å². The molecule has 4 nitrogen and oxygen atoms in total. The van der Waals surface area contributed by atoms with Crippen molar-refractivity contribution >= 4 is 15.9 Å². The lowest BCUT2D eigenvalue weighted by Crippen LogP contribution is -2.30. The van der Waals surface area contributed by atoms with Crippen LogP contribution in [-0.2, 0) is 19.9 Å². The van der Waals surface area contributed by atoms with Crippen LogP contribution in [0.25, 0.3) is 0 Å². The Morgan fingerprint density at radius 3 is 2.68 bits per heavy atom. The fourth-order valence-corrected chi connectivity index (χ4v) is 2.27. The Morgan fingerprint density at radius 1 is 1.32 bits per heavy atom. The highest BCUT2D eigenvalue weighted by molar-refractivity contribution is 9.10. The number of halogens is 1. The molecule has 0 fully saturated rings. The average Bonchev–Trinajstić information content (AvgIpc) is 2.78. The van der Waals surface area contributed by atoms with E-state index in [4.69, 9.17) is 0 Å². The lowest BCUT2D eigenvalue weighted by Gasteiger charge is -2.13. The second-order valence-corrected chi connectivity index (χ2v) is 5.71. The van der Waals surface area contributed by atoms with Crippen molar-refractivity contribution in [3.05, 3.63) is 46.5 Å². The van der Waals surface area contributed by atoms with Crippen molar-refractivity contribution in [2.24, 2.45) is 7.05 Å². The van der Waals surface area contributed by atoms with Crippen molar-refractivity contribution in [3.8, 4) is 0 Å². The summed E-state index contributed by atoms with van der Waals surface area (Å²) in [4.78, 5) is 0. The van der Waals surface area contributed by atoms with Gasteiger partial charge in [0, 0.05) is 30.5 Å². The molecule has 0 bridgehead atoms. The molecule has 1 aromatic heterocycles. The molecule has 0 amide bonds. The average molecular weight is 323 g/mol. The van der Waals surface area contributed by atoms with Crippen LogP contribution in [0.4, 0.5) is 0 Å². The van der Waals surface area contributed by atoms with Gasteiger partial charge in [-0.2, -0.15) is 0 Å². The Bertz CT molecular complexity index is 506. The Kier molecular flexibility index (Phi) is 5.10. The standard InChI is InChI=1S/C14H19BrN4/c1-11(9-12-3-5-13(15)6-4-12)16-8-7-14-18-17-10-19(14)2/h3-6,10-11,16H,7-9H2,1-2H3. The predicted octanol–water partition coefficient (Wildman–Crippen LogP) is 2.34. The Hall–Kier alpha value is -1.20. The molecule has 0 radical (unpaired) electrons. The van der Waals surface area contributed by atoms with Crippen LogP contribution in [-0.4, -0.2) is 27.4 Å². The number of aromatic nitrogens is 3. The van der Waals surface area contributed by atoms with E-state index in [9.17, 15) is 0 Å². The van der Waals surface area contributed by atoms with Crippen LogP contribution in [0.5, 0.6) is 0 Å². The minimum atomic E-state index is 0.453. The maximum absolute atomic E-state index is 4.07. The Morgan fingerprint density at radius 2 is 2.05 bits per heavy atom. The van der Waals surface area contributed by atoms with Crippen LogP contribution < -0.4 is 5.32 Å². The zero-order valence-corrected chi connectivity index (χ0v) is 12.9. The first-order valence-corrected chi connectivity index (χ1v) is 7.25. The lowest BCUT2D eigenvalue weighted by molar-refractivity contribution is 0.539. The molecule has 5 heteroatoms. The van der Waals surface area contributed by atoms with E-state index in [0.717, 1.165) is 29.7 Å². The number of aryl methyl sites for hydroxylation is 1. The first-order chi connectivity index (χ1) is 9.15. The number of nitrogens with zero attached hydrogens (tertiary/aromatic N) is 3. The zero-order chi connectivity index (χ0) is 13.7. The second-order valence-electron chi connectivity index (χ2n) is 4.79. The van der Waals surface area contributed by atoms with Gasteiger partial charge in [-0.25, -0.2) is 0 Å². The summed E-state index contributed by atoms with van der Waals surface area (Å²) >= 11 is 3.45.